The summed E-state index contributed by atoms with van der Waals surface area (Å²) >= 11 is 0. The van der Waals surface area contributed by atoms with Gasteiger partial charge in [0.05, 0.1) is 7.11 Å². The van der Waals surface area contributed by atoms with Gasteiger partial charge in [-0.15, -0.1) is 0 Å². The highest BCUT2D eigenvalue weighted by Crippen LogP contribution is 2.09. The molecule has 2 N–H and O–H groups in total. The third-order valence-electron chi connectivity index (χ3n) is 2.14. The van der Waals surface area contributed by atoms with Crippen molar-refractivity contribution in [1.29, 1.82) is 0 Å². The molecule has 1 amide bonds. The van der Waals surface area contributed by atoms with E-state index in [0.717, 1.165) is 25.8 Å². The zero-order valence-corrected chi connectivity index (χ0v) is 7.45. The molecule has 0 aromatic heterocycles. The van der Waals surface area contributed by atoms with E-state index in [2.05, 4.69) is 4.74 Å². The van der Waals surface area contributed by atoms with Crippen LogP contribution in [0, 0.1) is 0 Å². The number of methoxy groups -OCH3 is 1. The highest BCUT2D eigenvalue weighted by atomic mass is 16.5. The molecular weight excluding hydrogens is 156 g/mol. The maximum Gasteiger partial charge on any atom is 0.409 e. The van der Waals surface area contributed by atoms with Crippen molar-refractivity contribution in [3.63, 3.8) is 0 Å². The third kappa shape index (κ3) is 2.37. The lowest BCUT2D eigenvalue weighted by Crippen LogP contribution is -2.39. The van der Waals surface area contributed by atoms with Gasteiger partial charge < -0.3 is 15.4 Å². The molecule has 1 aliphatic rings. The summed E-state index contributed by atoms with van der Waals surface area (Å²) in [5, 5.41) is 0. The minimum absolute atomic E-state index is 0.117. The van der Waals surface area contributed by atoms with Crippen LogP contribution < -0.4 is 5.73 Å². The third-order valence-corrected chi connectivity index (χ3v) is 2.14. The number of nitrogens with two attached hydrogens (primary N) is 1. The molecule has 1 fully saturated rings. The number of amides is 1. The van der Waals surface area contributed by atoms with E-state index >= 15 is 0 Å². The molecule has 0 radical (unpaired) electrons. The minimum atomic E-state index is -0.257. The van der Waals surface area contributed by atoms with Crippen LogP contribution >= 0.6 is 0 Å². The van der Waals surface area contributed by atoms with Crippen molar-refractivity contribution in [3.8, 4) is 0 Å². The van der Waals surface area contributed by atoms with Crippen molar-refractivity contribution in [3.05, 3.63) is 0 Å². The summed E-state index contributed by atoms with van der Waals surface area (Å²) in [6.07, 6.45) is 2.89. The molecule has 0 aromatic rings. The minimum Gasteiger partial charge on any atom is -0.453 e. The summed E-state index contributed by atoms with van der Waals surface area (Å²) in [7, 11) is 1.40. The summed E-state index contributed by atoms with van der Waals surface area (Å²) < 4.78 is 4.62. The molecule has 1 rings (SSSR count). The van der Waals surface area contributed by atoms with Crippen molar-refractivity contribution in [2.75, 3.05) is 20.2 Å². The number of nitrogens with zero attached hydrogens (tertiary/aromatic N) is 1. The predicted octanol–water partition coefficient (Wildman–Crippen LogP) is 0.566. The molecule has 70 valence electrons. The summed E-state index contributed by atoms with van der Waals surface area (Å²) in [4.78, 5) is 12.8. The molecule has 0 aromatic carbocycles. The van der Waals surface area contributed by atoms with E-state index in [4.69, 9.17) is 5.73 Å². The maximum absolute atomic E-state index is 11.1. The molecule has 1 unspecified atom stereocenters. The Morgan fingerprint density at radius 1 is 1.58 bits per heavy atom. The molecule has 0 spiro atoms. The van der Waals surface area contributed by atoms with Crippen molar-refractivity contribution in [1.82, 2.24) is 4.90 Å². The van der Waals surface area contributed by atoms with E-state index in [-0.39, 0.29) is 12.1 Å². The normalized spacial score (nSPS) is 24.8. The lowest BCUT2D eigenvalue weighted by Gasteiger charge is -2.20. The molecule has 1 heterocycles. The largest absolute Gasteiger partial charge is 0.453 e. The number of carbonyl (C=O) groups excluding carboxylic acids is 1. The second-order valence-corrected chi connectivity index (χ2v) is 3.17. The highest BCUT2D eigenvalue weighted by molar-refractivity contribution is 5.67. The Balaban J connectivity index is 2.46. The number of carbonyl (C=O) groups is 1. The Morgan fingerprint density at radius 3 is 3.00 bits per heavy atom. The van der Waals surface area contributed by atoms with Crippen molar-refractivity contribution < 1.29 is 9.53 Å². The van der Waals surface area contributed by atoms with E-state index < -0.39 is 0 Å². The molecule has 1 atom stereocenters. The molecule has 0 saturated carbocycles. The molecule has 0 bridgehead atoms. The van der Waals surface area contributed by atoms with Gasteiger partial charge in [-0.05, 0) is 12.8 Å². The van der Waals surface area contributed by atoms with Gasteiger partial charge in [0.1, 0.15) is 0 Å². The number of ether oxygens (including phenoxy) is 1. The molecule has 4 heteroatoms. The maximum atomic E-state index is 11.1. The second kappa shape index (κ2) is 4.30. The van der Waals surface area contributed by atoms with Gasteiger partial charge in [0.25, 0.3) is 0 Å². The zero-order chi connectivity index (χ0) is 8.97. The lowest BCUT2D eigenvalue weighted by molar-refractivity contribution is 0.123. The van der Waals surface area contributed by atoms with Crippen LogP contribution in [0.15, 0.2) is 0 Å². The summed E-state index contributed by atoms with van der Waals surface area (Å²) in [6, 6.07) is 0.117. The van der Waals surface area contributed by atoms with Gasteiger partial charge in [0.15, 0.2) is 0 Å². The average Bonchev–Trinajstić information content (AvgIpc) is 2.28. The van der Waals surface area contributed by atoms with Crippen molar-refractivity contribution in [2.45, 2.75) is 25.3 Å². The van der Waals surface area contributed by atoms with Crippen LogP contribution in [0.3, 0.4) is 0 Å². The second-order valence-electron chi connectivity index (χ2n) is 3.17. The van der Waals surface area contributed by atoms with Crippen molar-refractivity contribution >= 4 is 6.09 Å². The van der Waals surface area contributed by atoms with E-state index in [9.17, 15) is 4.79 Å². The monoisotopic (exact) mass is 172 g/mol. The first-order valence-corrected chi connectivity index (χ1v) is 4.32. The molecule has 1 aliphatic heterocycles. The predicted molar refractivity (Wildman–Crippen MR) is 45.8 cm³/mol. The van der Waals surface area contributed by atoms with E-state index in [1.54, 1.807) is 4.90 Å². The SMILES string of the molecule is COC(=O)N1CCCCC(N)C1. The Bertz CT molecular complexity index is 161. The molecule has 1 saturated heterocycles. The van der Waals surface area contributed by atoms with Gasteiger partial charge in [0, 0.05) is 19.1 Å². The lowest BCUT2D eigenvalue weighted by atomic mass is 10.2. The van der Waals surface area contributed by atoms with Crippen LogP contribution in [0.25, 0.3) is 0 Å². The van der Waals surface area contributed by atoms with E-state index in [1.165, 1.54) is 7.11 Å². The van der Waals surface area contributed by atoms with Crippen LogP contribution in [-0.2, 0) is 4.74 Å². The number of hydrogen-bond donors (Lipinski definition) is 1. The fraction of sp³-hybridized carbons (Fsp3) is 0.875. The van der Waals surface area contributed by atoms with Crippen molar-refractivity contribution in [2.24, 2.45) is 5.73 Å². The van der Waals surface area contributed by atoms with Gasteiger partial charge in [-0.1, -0.05) is 6.42 Å². The first kappa shape index (κ1) is 9.32. The van der Waals surface area contributed by atoms with Crippen LogP contribution in [0.4, 0.5) is 4.79 Å². The average molecular weight is 172 g/mol. The van der Waals surface area contributed by atoms with Crippen LogP contribution in [0.1, 0.15) is 19.3 Å². The number of hydrogen-bond acceptors (Lipinski definition) is 3. The van der Waals surface area contributed by atoms with Crippen LogP contribution in [-0.4, -0.2) is 37.2 Å². The number of rotatable bonds is 0. The molecular formula is C8H16N2O2. The Labute approximate surface area is 72.7 Å². The van der Waals surface area contributed by atoms with Gasteiger partial charge in [-0.2, -0.15) is 0 Å². The van der Waals surface area contributed by atoms with E-state index in [0.29, 0.717) is 6.54 Å². The van der Waals surface area contributed by atoms with Gasteiger partial charge in [-0.25, -0.2) is 4.79 Å². The Kier molecular flexibility index (Phi) is 3.34. The molecule has 12 heavy (non-hydrogen) atoms. The molecule has 0 aliphatic carbocycles. The fourth-order valence-corrected chi connectivity index (χ4v) is 1.47. The first-order chi connectivity index (χ1) is 5.74. The standard InChI is InChI=1S/C8H16N2O2/c1-12-8(11)10-5-3-2-4-7(9)6-10/h7H,2-6,9H2,1H3. The van der Waals surface area contributed by atoms with E-state index in [1.807, 2.05) is 0 Å². The zero-order valence-electron chi connectivity index (χ0n) is 7.45. The fourth-order valence-electron chi connectivity index (χ4n) is 1.47. The highest BCUT2D eigenvalue weighted by Gasteiger charge is 2.19. The van der Waals surface area contributed by atoms with Gasteiger partial charge in [-0.3, -0.25) is 0 Å². The van der Waals surface area contributed by atoms with Gasteiger partial charge >= 0.3 is 6.09 Å². The quantitative estimate of drug-likeness (QED) is 0.581. The summed E-state index contributed by atoms with van der Waals surface area (Å²) in [6.45, 7) is 1.41. The van der Waals surface area contributed by atoms with Gasteiger partial charge in [0.2, 0.25) is 0 Å². The molecule has 4 nitrogen and oxygen atoms in total. The summed E-state index contributed by atoms with van der Waals surface area (Å²) in [5.74, 6) is 0. The van der Waals surface area contributed by atoms with Crippen LogP contribution in [0.2, 0.25) is 0 Å². The summed E-state index contributed by atoms with van der Waals surface area (Å²) in [5.41, 5.74) is 5.77. The Morgan fingerprint density at radius 2 is 2.33 bits per heavy atom. The topological polar surface area (TPSA) is 55.6 Å². The number of likely N-dealkylation sites (tertiary alicyclic amines) is 1. The smallest absolute Gasteiger partial charge is 0.409 e. The first-order valence-electron chi connectivity index (χ1n) is 4.32. The van der Waals surface area contributed by atoms with Crippen LogP contribution in [0.5, 0.6) is 0 Å². The Hall–Kier alpha value is -0.770.